The molecule has 0 amide bonds. The van der Waals surface area contributed by atoms with E-state index in [0.717, 1.165) is 44.9 Å². The topological polar surface area (TPSA) is 63.6 Å². The molecule has 0 heterocycles. The van der Waals surface area contributed by atoms with Gasteiger partial charge in [0.2, 0.25) is 0 Å². The second-order valence-electron chi connectivity index (χ2n) is 14.5. The van der Waals surface area contributed by atoms with E-state index in [1.807, 2.05) is 0 Å². The molecule has 0 saturated carbocycles. The van der Waals surface area contributed by atoms with Crippen LogP contribution in [-0.2, 0) is 14.3 Å². The molecule has 0 radical (unpaired) electrons. The second kappa shape index (κ2) is 39.9. The van der Waals surface area contributed by atoms with Gasteiger partial charge in [0.05, 0.1) is 0 Å². The number of esters is 1. The van der Waals surface area contributed by atoms with Crippen LogP contribution in [0.1, 0.15) is 239 Å². The number of rotatable bonds is 39. The maximum absolute atomic E-state index is 12.6. The zero-order valence-corrected chi connectivity index (χ0v) is 32.3. The Morgan fingerprint density at radius 3 is 1.27 bits per heavy atom. The van der Waals surface area contributed by atoms with Crippen molar-refractivity contribution in [2.45, 2.75) is 245 Å². The van der Waals surface area contributed by atoms with E-state index in [1.165, 1.54) is 167 Å². The molecular weight excluding hydrogens is 592 g/mol. The molecule has 1 atom stereocenters. The summed E-state index contributed by atoms with van der Waals surface area (Å²) in [5.41, 5.74) is 0. The third kappa shape index (κ3) is 38.9. The normalized spacial score (nSPS) is 12.4. The first-order chi connectivity index (χ1) is 23.6. The van der Waals surface area contributed by atoms with E-state index in [0.29, 0.717) is 12.8 Å². The predicted octanol–water partition coefficient (Wildman–Crippen LogP) is 14.8. The van der Waals surface area contributed by atoms with Gasteiger partial charge in [0.1, 0.15) is 6.10 Å². The van der Waals surface area contributed by atoms with E-state index < -0.39 is 5.97 Å². The minimum Gasteiger partial charge on any atom is -0.481 e. The van der Waals surface area contributed by atoms with Crippen molar-refractivity contribution in [1.29, 1.82) is 0 Å². The van der Waals surface area contributed by atoms with Crippen molar-refractivity contribution in [3.8, 4) is 0 Å². The van der Waals surface area contributed by atoms with Gasteiger partial charge in [-0.25, -0.2) is 0 Å². The van der Waals surface area contributed by atoms with Gasteiger partial charge in [-0.05, 0) is 70.6 Å². The van der Waals surface area contributed by atoms with Crippen molar-refractivity contribution in [3.63, 3.8) is 0 Å². The van der Waals surface area contributed by atoms with E-state index in [-0.39, 0.29) is 12.1 Å². The Balaban J connectivity index is 3.70. The maximum atomic E-state index is 12.6. The summed E-state index contributed by atoms with van der Waals surface area (Å²) >= 11 is 0. The summed E-state index contributed by atoms with van der Waals surface area (Å²) < 4.78 is 5.99. The molecule has 0 aliphatic heterocycles. The number of hydrogen-bond donors (Lipinski definition) is 1. The molecule has 4 nitrogen and oxygen atoms in total. The van der Waals surface area contributed by atoms with Gasteiger partial charge in [-0.1, -0.05) is 179 Å². The first kappa shape index (κ1) is 46.4. The minimum absolute atomic E-state index is 0.0369. The largest absolute Gasteiger partial charge is 0.481 e. The van der Waals surface area contributed by atoms with Crippen LogP contribution < -0.4 is 0 Å². The second-order valence-corrected chi connectivity index (χ2v) is 14.5. The number of carboxylic acid groups (broad SMARTS) is 1. The highest BCUT2D eigenvalue weighted by atomic mass is 16.5. The number of aliphatic carboxylic acids is 1. The van der Waals surface area contributed by atoms with Crippen molar-refractivity contribution >= 4 is 11.9 Å². The molecule has 0 aromatic heterocycles. The van der Waals surface area contributed by atoms with Crippen molar-refractivity contribution in [2.75, 3.05) is 0 Å². The van der Waals surface area contributed by atoms with Crippen molar-refractivity contribution in [2.24, 2.45) is 0 Å². The summed E-state index contributed by atoms with van der Waals surface area (Å²) in [6, 6.07) is 0. The van der Waals surface area contributed by atoms with E-state index in [1.54, 1.807) is 0 Å². The number of hydrogen-bond acceptors (Lipinski definition) is 3. The Hall–Kier alpha value is -1.58. The lowest BCUT2D eigenvalue weighted by molar-refractivity contribution is -0.150. The Bertz CT molecular complexity index is 727. The predicted molar refractivity (Wildman–Crippen MR) is 209 cm³/mol. The molecule has 1 N–H and O–H groups in total. The van der Waals surface area contributed by atoms with Crippen molar-refractivity contribution < 1.29 is 19.4 Å². The highest BCUT2D eigenvalue weighted by Gasteiger charge is 2.14. The summed E-state index contributed by atoms with van der Waals surface area (Å²) in [5, 5.41) is 8.67. The van der Waals surface area contributed by atoms with Crippen LogP contribution in [0.25, 0.3) is 0 Å². The lowest BCUT2D eigenvalue weighted by Crippen LogP contribution is -2.18. The Labute approximate surface area is 299 Å². The highest BCUT2D eigenvalue weighted by molar-refractivity contribution is 5.69. The standard InChI is InChI=1S/C44H82O4/c1-3-5-7-8-9-10-11-12-13-14-18-21-24-27-30-33-37-41-44(47)48-42(38-34-6-4-2)39-35-31-28-25-22-19-16-15-17-20-23-26-29-32-36-40-43(45)46/h9-10,12-13,42H,3-8,11,14-41H2,1-2H3,(H,45,46)/b10-9-,13-12-. The molecule has 48 heavy (non-hydrogen) atoms. The number of unbranched alkanes of at least 4 members (excludes halogenated alkanes) is 26. The van der Waals surface area contributed by atoms with E-state index in [4.69, 9.17) is 9.84 Å². The summed E-state index contributed by atoms with van der Waals surface area (Å²) in [6.45, 7) is 4.50. The zero-order valence-electron chi connectivity index (χ0n) is 32.3. The SMILES string of the molecule is CCCCC/C=C\C/C=C\CCCCCCCCCC(=O)OC(CCCCC)CCCCCCCCCCCCCCCCCC(=O)O. The van der Waals surface area contributed by atoms with Gasteiger partial charge in [0.25, 0.3) is 0 Å². The number of ether oxygens (including phenoxy) is 1. The third-order valence-corrected chi connectivity index (χ3v) is 9.68. The Kier molecular flexibility index (Phi) is 38.5. The molecule has 0 aliphatic carbocycles. The molecule has 0 fully saturated rings. The molecule has 1 unspecified atom stereocenters. The minimum atomic E-state index is -0.664. The van der Waals surface area contributed by atoms with Crippen LogP contribution in [0.5, 0.6) is 0 Å². The molecule has 282 valence electrons. The van der Waals surface area contributed by atoms with Crippen LogP contribution >= 0.6 is 0 Å². The van der Waals surface area contributed by atoms with E-state index in [2.05, 4.69) is 38.2 Å². The molecule has 0 saturated heterocycles. The molecule has 4 heteroatoms. The van der Waals surface area contributed by atoms with Crippen LogP contribution in [-0.4, -0.2) is 23.1 Å². The maximum Gasteiger partial charge on any atom is 0.306 e. The van der Waals surface area contributed by atoms with Gasteiger partial charge in [-0.15, -0.1) is 0 Å². The lowest BCUT2D eigenvalue weighted by Gasteiger charge is -2.18. The molecule has 0 aromatic carbocycles. The first-order valence-corrected chi connectivity index (χ1v) is 21.3. The van der Waals surface area contributed by atoms with Gasteiger partial charge in [0.15, 0.2) is 0 Å². The molecule has 0 aromatic rings. The van der Waals surface area contributed by atoms with Crippen LogP contribution in [0.3, 0.4) is 0 Å². The monoisotopic (exact) mass is 675 g/mol. The first-order valence-electron chi connectivity index (χ1n) is 21.3. The Morgan fingerprint density at radius 1 is 0.458 bits per heavy atom. The van der Waals surface area contributed by atoms with Crippen LogP contribution in [0, 0.1) is 0 Å². The fourth-order valence-corrected chi connectivity index (χ4v) is 6.51. The van der Waals surface area contributed by atoms with Crippen molar-refractivity contribution in [3.05, 3.63) is 24.3 Å². The summed E-state index contributed by atoms with van der Waals surface area (Å²) in [6.07, 6.45) is 51.0. The number of carbonyl (C=O) groups is 2. The molecule has 0 bridgehead atoms. The van der Waals surface area contributed by atoms with Crippen LogP contribution in [0.2, 0.25) is 0 Å². The molecule has 0 aliphatic rings. The molecule has 0 rings (SSSR count). The van der Waals surface area contributed by atoms with E-state index in [9.17, 15) is 9.59 Å². The summed E-state index contributed by atoms with van der Waals surface area (Å²) in [5.74, 6) is -0.627. The van der Waals surface area contributed by atoms with Gasteiger partial charge in [0, 0.05) is 12.8 Å². The fraction of sp³-hybridized carbons (Fsp3) is 0.864. The van der Waals surface area contributed by atoms with Crippen LogP contribution in [0.4, 0.5) is 0 Å². The van der Waals surface area contributed by atoms with Crippen molar-refractivity contribution in [1.82, 2.24) is 0 Å². The average molecular weight is 675 g/mol. The van der Waals surface area contributed by atoms with E-state index >= 15 is 0 Å². The highest BCUT2D eigenvalue weighted by Crippen LogP contribution is 2.19. The molecule has 0 spiro atoms. The number of carboxylic acids is 1. The van der Waals surface area contributed by atoms with Crippen LogP contribution in [0.15, 0.2) is 24.3 Å². The zero-order chi connectivity index (χ0) is 35.0. The quantitative estimate of drug-likeness (QED) is 0.0400. The average Bonchev–Trinajstić information content (AvgIpc) is 3.07. The van der Waals surface area contributed by atoms with Gasteiger partial charge < -0.3 is 9.84 Å². The number of allylic oxidation sites excluding steroid dienone is 4. The lowest BCUT2D eigenvalue weighted by atomic mass is 10.0. The smallest absolute Gasteiger partial charge is 0.306 e. The summed E-state index contributed by atoms with van der Waals surface area (Å²) in [7, 11) is 0. The fourth-order valence-electron chi connectivity index (χ4n) is 6.51. The third-order valence-electron chi connectivity index (χ3n) is 9.68. The number of carbonyl (C=O) groups excluding carboxylic acids is 1. The Morgan fingerprint density at radius 2 is 0.812 bits per heavy atom. The van der Waals surface area contributed by atoms with Gasteiger partial charge >= 0.3 is 11.9 Å². The summed E-state index contributed by atoms with van der Waals surface area (Å²) in [4.78, 5) is 23.1. The van der Waals surface area contributed by atoms with Gasteiger partial charge in [-0.3, -0.25) is 9.59 Å². The van der Waals surface area contributed by atoms with Gasteiger partial charge in [-0.2, -0.15) is 0 Å². The molecular formula is C44H82O4.